The number of carbonyl (C=O) groups excluding carboxylic acids is 1. The molecule has 24 heavy (non-hydrogen) atoms. The summed E-state index contributed by atoms with van der Waals surface area (Å²) < 4.78 is 19.4. The zero-order valence-corrected chi connectivity index (χ0v) is 15.5. The number of halogens is 2. The van der Waals surface area contributed by atoms with Crippen molar-refractivity contribution in [2.75, 3.05) is 17.3 Å². The lowest BCUT2D eigenvalue weighted by atomic mass is 10.2. The molecule has 0 aliphatic carbocycles. The Hall–Kier alpha value is -1.86. The molecule has 8 heteroatoms. The number of amides is 1. The molecular weight excluding hydrogens is 353 g/mol. The molecule has 1 aromatic carbocycles. The van der Waals surface area contributed by atoms with Crippen LogP contribution in [0.4, 0.5) is 20.6 Å². The topological polar surface area (TPSA) is 54.5 Å². The third-order valence-corrected chi connectivity index (χ3v) is 4.08. The Morgan fingerprint density at radius 2 is 2.17 bits per heavy atom. The molecular formula is C16H19ClFN3O2S. The molecule has 0 spiro atoms. The van der Waals surface area contributed by atoms with Gasteiger partial charge in [0.15, 0.2) is 4.47 Å². The summed E-state index contributed by atoms with van der Waals surface area (Å²) in [6.45, 7) is 5.79. The van der Waals surface area contributed by atoms with Crippen LogP contribution in [0.2, 0.25) is 4.47 Å². The predicted octanol–water partition coefficient (Wildman–Crippen LogP) is 4.92. The quantitative estimate of drug-likeness (QED) is 0.828. The Bertz CT molecular complexity index is 730. The number of ether oxygens (including phenoxy) is 1. The maximum absolute atomic E-state index is 13.6. The van der Waals surface area contributed by atoms with E-state index in [0.717, 1.165) is 4.88 Å². The van der Waals surface area contributed by atoms with E-state index in [9.17, 15) is 9.18 Å². The number of rotatable bonds is 4. The number of benzene rings is 1. The molecule has 0 atom stereocenters. The van der Waals surface area contributed by atoms with Crippen molar-refractivity contribution in [1.82, 2.24) is 4.98 Å². The van der Waals surface area contributed by atoms with Gasteiger partial charge in [0, 0.05) is 18.1 Å². The first-order valence-electron chi connectivity index (χ1n) is 7.26. The van der Waals surface area contributed by atoms with Crippen LogP contribution < -0.4 is 10.2 Å². The van der Waals surface area contributed by atoms with Crippen molar-refractivity contribution in [1.29, 1.82) is 0 Å². The van der Waals surface area contributed by atoms with E-state index in [4.69, 9.17) is 16.3 Å². The molecule has 0 saturated carbocycles. The van der Waals surface area contributed by atoms with Gasteiger partial charge >= 0.3 is 6.09 Å². The molecule has 2 rings (SSSR count). The third-order valence-electron chi connectivity index (χ3n) is 2.97. The molecule has 0 fully saturated rings. The fraction of sp³-hybridized carbons (Fsp3) is 0.375. The summed E-state index contributed by atoms with van der Waals surface area (Å²) in [6, 6.07) is 4.19. The van der Waals surface area contributed by atoms with E-state index < -0.39 is 17.5 Å². The molecule has 2 aromatic rings. The highest BCUT2D eigenvalue weighted by atomic mass is 35.5. The minimum atomic E-state index is -0.633. The highest BCUT2D eigenvalue weighted by Gasteiger charge is 2.22. The monoisotopic (exact) mass is 371 g/mol. The molecule has 0 bridgehead atoms. The highest BCUT2D eigenvalue weighted by Crippen LogP contribution is 2.28. The van der Waals surface area contributed by atoms with Crippen LogP contribution in [-0.4, -0.2) is 23.7 Å². The lowest BCUT2D eigenvalue weighted by Gasteiger charge is -2.26. The molecule has 1 N–H and O–H groups in total. The van der Waals surface area contributed by atoms with Crippen LogP contribution in [0.15, 0.2) is 24.4 Å². The summed E-state index contributed by atoms with van der Waals surface area (Å²) in [6.07, 6.45) is 1.11. The van der Waals surface area contributed by atoms with Crippen molar-refractivity contribution in [3.63, 3.8) is 0 Å². The fourth-order valence-electron chi connectivity index (χ4n) is 1.91. The van der Waals surface area contributed by atoms with Crippen molar-refractivity contribution in [2.24, 2.45) is 0 Å². The molecule has 1 heterocycles. The maximum Gasteiger partial charge on any atom is 0.414 e. The van der Waals surface area contributed by atoms with Crippen LogP contribution in [0.25, 0.3) is 0 Å². The Morgan fingerprint density at radius 3 is 2.75 bits per heavy atom. The number of thiazole rings is 1. The van der Waals surface area contributed by atoms with E-state index >= 15 is 0 Å². The number of hydrogen-bond acceptors (Lipinski definition) is 5. The molecule has 130 valence electrons. The standard InChI is InChI=1S/C16H19ClFN3O2S/c1-16(2,3)23-15(22)21(4)13-7-10(18)5-6-12(13)19-8-11-9-20-14(17)24-11/h5-7,9,19H,8H2,1-4H3. The maximum atomic E-state index is 13.6. The summed E-state index contributed by atoms with van der Waals surface area (Å²) in [5, 5.41) is 3.16. The first-order valence-corrected chi connectivity index (χ1v) is 8.45. The lowest BCUT2D eigenvalue weighted by molar-refractivity contribution is 0.0589. The molecule has 0 aliphatic rings. The zero-order chi connectivity index (χ0) is 17.9. The van der Waals surface area contributed by atoms with Gasteiger partial charge in [0.05, 0.1) is 17.9 Å². The fourth-order valence-corrected chi connectivity index (χ4v) is 2.83. The number of aromatic nitrogens is 1. The van der Waals surface area contributed by atoms with Gasteiger partial charge in [-0.1, -0.05) is 11.6 Å². The molecule has 0 unspecified atom stereocenters. The van der Waals surface area contributed by atoms with Crippen molar-refractivity contribution >= 4 is 40.4 Å². The third kappa shape index (κ3) is 5.07. The van der Waals surface area contributed by atoms with E-state index in [1.165, 1.54) is 35.4 Å². The summed E-state index contributed by atoms with van der Waals surface area (Å²) >= 11 is 7.16. The van der Waals surface area contributed by atoms with Gasteiger partial charge in [-0.25, -0.2) is 14.2 Å². The Labute approximate surface area is 149 Å². The summed E-state index contributed by atoms with van der Waals surface area (Å²) in [5.74, 6) is -0.438. The van der Waals surface area contributed by atoms with Crippen LogP contribution in [0, 0.1) is 5.82 Å². The second kappa shape index (κ2) is 7.36. The minimum Gasteiger partial charge on any atom is -0.443 e. The average molecular weight is 372 g/mol. The summed E-state index contributed by atoms with van der Waals surface area (Å²) in [5.41, 5.74) is 0.361. The van der Waals surface area contributed by atoms with Gasteiger partial charge in [0.1, 0.15) is 11.4 Å². The highest BCUT2D eigenvalue weighted by molar-refractivity contribution is 7.15. The molecule has 0 aliphatic heterocycles. The van der Waals surface area contributed by atoms with Crippen molar-refractivity contribution < 1.29 is 13.9 Å². The normalized spacial score (nSPS) is 11.2. The van der Waals surface area contributed by atoms with Crippen molar-refractivity contribution in [3.05, 3.63) is 39.6 Å². The van der Waals surface area contributed by atoms with E-state index in [0.29, 0.717) is 22.4 Å². The zero-order valence-electron chi connectivity index (χ0n) is 13.9. The van der Waals surface area contributed by atoms with Gasteiger partial charge in [0.25, 0.3) is 0 Å². The average Bonchev–Trinajstić information content (AvgIpc) is 2.89. The Morgan fingerprint density at radius 1 is 1.46 bits per heavy atom. The van der Waals surface area contributed by atoms with Crippen LogP contribution in [0.3, 0.4) is 0 Å². The summed E-state index contributed by atoms with van der Waals surface area (Å²) in [4.78, 5) is 18.4. The Kier molecular flexibility index (Phi) is 5.66. The van der Waals surface area contributed by atoms with E-state index in [2.05, 4.69) is 10.3 Å². The van der Waals surface area contributed by atoms with Crippen LogP contribution in [0.1, 0.15) is 25.6 Å². The number of nitrogens with zero attached hydrogens (tertiary/aromatic N) is 2. The number of carbonyl (C=O) groups is 1. The van der Waals surface area contributed by atoms with Gasteiger partial charge in [-0.3, -0.25) is 4.90 Å². The minimum absolute atomic E-state index is 0.389. The molecule has 0 radical (unpaired) electrons. The largest absolute Gasteiger partial charge is 0.443 e. The van der Waals surface area contributed by atoms with E-state index in [-0.39, 0.29) is 0 Å². The van der Waals surface area contributed by atoms with E-state index in [1.54, 1.807) is 33.0 Å². The number of anilines is 2. The van der Waals surface area contributed by atoms with Gasteiger partial charge in [-0.2, -0.15) is 0 Å². The summed E-state index contributed by atoms with van der Waals surface area (Å²) in [7, 11) is 1.54. The first kappa shape index (κ1) is 18.5. The van der Waals surface area contributed by atoms with E-state index in [1.807, 2.05) is 0 Å². The van der Waals surface area contributed by atoms with Crippen molar-refractivity contribution in [2.45, 2.75) is 32.9 Å². The molecule has 1 aromatic heterocycles. The van der Waals surface area contributed by atoms with Gasteiger partial charge in [-0.15, -0.1) is 11.3 Å². The SMILES string of the molecule is CN(C(=O)OC(C)(C)C)c1cc(F)ccc1NCc1cnc(Cl)s1. The van der Waals surface area contributed by atoms with Gasteiger partial charge in [-0.05, 0) is 39.0 Å². The Balaban J connectivity index is 2.18. The molecule has 0 saturated heterocycles. The smallest absolute Gasteiger partial charge is 0.414 e. The number of hydrogen-bond donors (Lipinski definition) is 1. The first-order chi connectivity index (χ1) is 11.2. The second-order valence-electron chi connectivity index (χ2n) is 6.13. The van der Waals surface area contributed by atoms with Crippen LogP contribution >= 0.6 is 22.9 Å². The van der Waals surface area contributed by atoms with Gasteiger partial charge in [0.2, 0.25) is 0 Å². The lowest BCUT2D eigenvalue weighted by Crippen LogP contribution is -2.34. The molecule has 5 nitrogen and oxygen atoms in total. The van der Waals surface area contributed by atoms with Crippen LogP contribution in [0.5, 0.6) is 0 Å². The number of nitrogens with one attached hydrogen (secondary N) is 1. The van der Waals surface area contributed by atoms with Gasteiger partial charge < -0.3 is 10.1 Å². The van der Waals surface area contributed by atoms with Crippen molar-refractivity contribution in [3.8, 4) is 0 Å². The molecule has 1 amide bonds. The second-order valence-corrected chi connectivity index (χ2v) is 7.83. The van der Waals surface area contributed by atoms with Crippen LogP contribution in [-0.2, 0) is 11.3 Å². The predicted molar refractivity (Wildman–Crippen MR) is 95.5 cm³/mol.